The first-order valence-electron chi connectivity index (χ1n) is 11.6. The van der Waals surface area contributed by atoms with Gasteiger partial charge in [0.1, 0.15) is 5.60 Å². The number of sulfonamides is 1. The van der Waals surface area contributed by atoms with Crippen molar-refractivity contribution < 1.29 is 22.7 Å². The lowest BCUT2D eigenvalue weighted by molar-refractivity contribution is -0.120. The van der Waals surface area contributed by atoms with Crippen LogP contribution < -0.4 is 14.4 Å². The minimum Gasteiger partial charge on any atom is -0.483 e. The molecular formula is C25H30N2O5S. The van der Waals surface area contributed by atoms with E-state index in [1.807, 2.05) is 32.0 Å². The van der Waals surface area contributed by atoms with Gasteiger partial charge in [-0.05, 0) is 62.9 Å². The van der Waals surface area contributed by atoms with E-state index in [1.165, 1.54) is 0 Å². The molecule has 0 radical (unpaired) electrons. The van der Waals surface area contributed by atoms with Gasteiger partial charge < -0.3 is 14.4 Å². The predicted octanol–water partition coefficient (Wildman–Crippen LogP) is 3.54. The highest BCUT2D eigenvalue weighted by molar-refractivity contribution is 7.89. The maximum atomic E-state index is 13.0. The van der Waals surface area contributed by atoms with Crippen molar-refractivity contribution in [3.63, 3.8) is 0 Å². The molecule has 0 atom stereocenters. The van der Waals surface area contributed by atoms with E-state index in [-0.39, 0.29) is 18.1 Å². The monoisotopic (exact) mass is 470 g/mol. The fourth-order valence-electron chi connectivity index (χ4n) is 4.97. The van der Waals surface area contributed by atoms with E-state index in [2.05, 4.69) is 0 Å². The van der Waals surface area contributed by atoms with Gasteiger partial charge in [0.2, 0.25) is 10.0 Å². The first-order valence-corrected chi connectivity index (χ1v) is 13.1. The molecule has 3 heterocycles. The number of nitrogens with zero attached hydrogens (tertiary/aromatic N) is 2. The number of para-hydroxylation sites is 1. The summed E-state index contributed by atoms with van der Waals surface area (Å²) in [6.45, 7) is 5.62. The molecule has 3 aliphatic rings. The highest BCUT2D eigenvalue weighted by Crippen LogP contribution is 2.42. The lowest BCUT2D eigenvalue weighted by atomic mass is 10.0. The third kappa shape index (κ3) is 4.22. The summed E-state index contributed by atoms with van der Waals surface area (Å²) in [4.78, 5) is 15.0. The minimum atomic E-state index is -3.49. The van der Waals surface area contributed by atoms with Crippen LogP contribution in [0.3, 0.4) is 0 Å². The maximum Gasteiger partial charge on any atom is 0.264 e. The number of benzene rings is 2. The Hall–Kier alpha value is -2.58. The van der Waals surface area contributed by atoms with E-state index >= 15 is 0 Å². The molecule has 1 saturated heterocycles. The third-order valence-electron chi connectivity index (χ3n) is 6.61. The second kappa shape index (κ2) is 8.33. The standard InChI is InChI=1S/C25H30N2O5S/c1-25(2)16-19-7-6-8-22(24(19)32-25)31-17-23(28)27-14-11-18-15-20(9-10-21(18)27)33(29,30)26-12-4-3-5-13-26/h6-10,15H,3-5,11-14,16-17H2,1-2H3. The van der Waals surface area contributed by atoms with Crippen molar-refractivity contribution in [2.45, 2.75) is 56.4 Å². The summed E-state index contributed by atoms with van der Waals surface area (Å²) in [5, 5.41) is 0. The van der Waals surface area contributed by atoms with Gasteiger partial charge in [0.15, 0.2) is 18.1 Å². The molecule has 0 spiro atoms. The molecule has 3 aliphatic heterocycles. The van der Waals surface area contributed by atoms with Crippen molar-refractivity contribution in [2.24, 2.45) is 0 Å². The zero-order valence-corrected chi connectivity index (χ0v) is 20.0. The number of piperidine rings is 1. The number of anilines is 1. The SMILES string of the molecule is CC1(C)Cc2cccc(OCC(=O)N3CCc4cc(S(=O)(=O)N5CCCCC5)ccc43)c2O1. The Labute approximate surface area is 195 Å². The molecule has 0 bridgehead atoms. The Balaban J connectivity index is 1.29. The van der Waals surface area contributed by atoms with E-state index in [1.54, 1.807) is 27.4 Å². The summed E-state index contributed by atoms with van der Waals surface area (Å²) in [6.07, 6.45) is 4.31. The Kier molecular flexibility index (Phi) is 5.61. The number of hydrogen-bond donors (Lipinski definition) is 0. The summed E-state index contributed by atoms with van der Waals surface area (Å²) in [5.74, 6) is 1.13. The number of carbonyl (C=O) groups excluding carboxylic acids is 1. The van der Waals surface area contributed by atoms with Crippen LogP contribution in [-0.2, 0) is 27.7 Å². The summed E-state index contributed by atoms with van der Waals surface area (Å²) < 4.78 is 39.5. The lowest BCUT2D eigenvalue weighted by Crippen LogP contribution is -2.35. The van der Waals surface area contributed by atoms with Gasteiger partial charge in [-0.3, -0.25) is 4.79 Å². The van der Waals surface area contributed by atoms with Crippen molar-refractivity contribution in [1.82, 2.24) is 4.31 Å². The molecule has 176 valence electrons. The third-order valence-corrected chi connectivity index (χ3v) is 8.50. The molecule has 5 rings (SSSR count). The fourth-order valence-corrected chi connectivity index (χ4v) is 6.54. The molecule has 0 aromatic heterocycles. The molecule has 33 heavy (non-hydrogen) atoms. The highest BCUT2D eigenvalue weighted by atomic mass is 32.2. The van der Waals surface area contributed by atoms with Crippen molar-refractivity contribution >= 4 is 21.6 Å². The molecular weight excluding hydrogens is 440 g/mol. The average Bonchev–Trinajstić information content (AvgIpc) is 3.37. The second-order valence-corrected chi connectivity index (χ2v) is 11.6. The van der Waals surface area contributed by atoms with Gasteiger partial charge in [-0.15, -0.1) is 0 Å². The molecule has 0 N–H and O–H groups in total. The summed E-state index contributed by atoms with van der Waals surface area (Å²) >= 11 is 0. The summed E-state index contributed by atoms with van der Waals surface area (Å²) in [5.41, 5.74) is 2.44. The van der Waals surface area contributed by atoms with Crippen LogP contribution in [0, 0.1) is 0 Å². The van der Waals surface area contributed by atoms with Crippen LogP contribution in [0.2, 0.25) is 0 Å². The molecule has 0 saturated carbocycles. The van der Waals surface area contributed by atoms with E-state index in [0.29, 0.717) is 42.4 Å². The van der Waals surface area contributed by atoms with Crippen LogP contribution in [0.1, 0.15) is 44.2 Å². The van der Waals surface area contributed by atoms with Gasteiger partial charge in [0, 0.05) is 37.3 Å². The normalized spacial score (nSPS) is 19.6. The maximum absolute atomic E-state index is 13.0. The fraction of sp³-hybridized carbons (Fsp3) is 0.480. The summed E-state index contributed by atoms with van der Waals surface area (Å²) in [7, 11) is -3.49. The van der Waals surface area contributed by atoms with Crippen LogP contribution in [-0.4, -0.2) is 50.5 Å². The number of amides is 1. The zero-order chi connectivity index (χ0) is 23.2. The quantitative estimate of drug-likeness (QED) is 0.668. The minimum absolute atomic E-state index is 0.104. The van der Waals surface area contributed by atoms with Crippen LogP contribution in [0.15, 0.2) is 41.3 Å². The molecule has 2 aromatic carbocycles. The smallest absolute Gasteiger partial charge is 0.264 e. The molecule has 7 nitrogen and oxygen atoms in total. The topological polar surface area (TPSA) is 76.2 Å². The molecule has 1 fully saturated rings. The first-order chi connectivity index (χ1) is 15.7. The van der Waals surface area contributed by atoms with Crippen LogP contribution in [0.25, 0.3) is 0 Å². The molecule has 2 aromatic rings. The molecule has 1 amide bonds. The Morgan fingerprint density at radius 1 is 1.06 bits per heavy atom. The van der Waals surface area contributed by atoms with Gasteiger partial charge in [0.25, 0.3) is 5.91 Å². The molecule has 0 aliphatic carbocycles. The van der Waals surface area contributed by atoms with E-state index in [9.17, 15) is 13.2 Å². The first kappa shape index (κ1) is 22.2. The van der Waals surface area contributed by atoms with Crippen LogP contribution in [0.5, 0.6) is 11.5 Å². The molecule has 8 heteroatoms. The van der Waals surface area contributed by atoms with E-state index in [0.717, 1.165) is 42.5 Å². The Bertz CT molecular complexity index is 1190. The summed E-state index contributed by atoms with van der Waals surface area (Å²) in [6, 6.07) is 10.9. The van der Waals surface area contributed by atoms with Gasteiger partial charge in [-0.25, -0.2) is 8.42 Å². The van der Waals surface area contributed by atoms with E-state index < -0.39 is 10.0 Å². The Morgan fingerprint density at radius 3 is 2.64 bits per heavy atom. The number of carbonyl (C=O) groups is 1. The van der Waals surface area contributed by atoms with Crippen LogP contribution >= 0.6 is 0 Å². The predicted molar refractivity (Wildman–Crippen MR) is 125 cm³/mol. The van der Waals surface area contributed by atoms with E-state index in [4.69, 9.17) is 9.47 Å². The lowest BCUT2D eigenvalue weighted by Gasteiger charge is -2.26. The van der Waals surface area contributed by atoms with Gasteiger partial charge in [0.05, 0.1) is 4.90 Å². The van der Waals surface area contributed by atoms with Crippen molar-refractivity contribution in [1.29, 1.82) is 0 Å². The second-order valence-electron chi connectivity index (χ2n) is 9.62. The number of fused-ring (bicyclic) bond motifs is 2. The van der Waals surface area contributed by atoms with Crippen molar-refractivity contribution in [3.8, 4) is 11.5 Å². The number of rotatable bonds is 5. The Morgan fingerprint density at radius 2 is 1.85 bits per heavy atom. The number of ether oxygens (including phenoxy) is 2. The van der Waals surface area contributed by atoms with Crippen molar-refractivity contribution in [2.75, 3.05) is 31.1 Å². The molecule has 0 unspecified atom stereocenters. The average molecular weight is 471 g/mol. The number of hydrogen-bond acceptors (Lipinski definition) is 5. The van der Waals surface area contributed by atoms with Gasteiger partial charge in [-0.1, -0.05) is 18.6 Å². The van der Waals surface area contributed by atoms with Gasteiger partial charge >= 0.3 is 0 Å². The van der Waals surface area contributed by atoms with Crippen molar-refractivity contribution in [3.05, 3.63) is 47.5 Å². The van der Waals surface area contributed by atoms with Crippen LogP contribution in [0.4, 0.5) is 5.69 Å². The highest BCUT2D eigenvalue weighted by Gasteiger charge is 2.33. The largest absolute Gasteiger partial charge is 0.483 e. The zero-order valence-electron chi connectivity index (χ0n) is 19.2. The van der Waals surface area contributed by atoms with Gasteiger partial charge in [-0.2, -0.15) is 4.31 Å².